The molecule has 0 bridgehead atoms. The monoisotopic (exact) mass is 255 g/mol. The highest BCUT2D eigenvalue weighted by Gasteiger charge is 2.17. The zero-order chi connectivity index (χ0) is 12.3. The smallest absolute Gasteiger partial charge is 0.126 e. The molecule has 0 saturated heterocycles. The van der Waals surface area contributed by atoms with E-state index in [0.717, 1.165) is 6.07 Å². The Morgan fingerprint density at radius 1 is 1.29 bits per heavy atom. The van der Waals surface area contributed by atoms with Gasteiger partial charge in [-0.3, -0.25) is 0 Å². The van der Waals surface area contributed by atoms with Gasteiger partial charge >= 0.3 is 0 Å². The van der Waals surface area contributed by atoms with Crippen molar-refractivity contribution in [2.75, 3.05) is 6.54 Å². The first kappa shape index (κ1) is 12.1. The molecule has 2 rings (SSSR count). The summed E-state index contributed by atoms with van der Waals surface area (Å²) in [6.07, 6.45) is 0. The van der Waals surface area contributed by atoms with E-state index in [1.54, 1.807) is 5.38 Å². The first-order chi connectivity index (χ1) is 8.20. The van der Waals surface area contributed by atoms with E-state index >= 15 is 0 Å². The van der Waals surface area contributed by atoms with Crippen LogP contribution in [0.3, 0.4) is 0 Å². The number of rotatable bonds is 4. The van der Waals surface area contributed by atoms with Crippen LogP contribution in [0.4, 0.5) is 8.78 Å². The topological polar surface area (TPSA) is 37.8 Å². The Bertz CT molecular complexity index is 467. The van der Waals surface area contributed by atoms with E-state index in [9.17, 15) is 8.78 Å². The molecule has 1 heterocycles. The van der Waals surface area contributed by atoms with Crippen LogP contribution in [0.2, 0.25) is 0 Å². The molecule has 0 spiro atoms. The Morgan fingerprint density at radius 3 is 2.53 bits per heavy atom. The molecule has 1 unspecified atom stereocenters. The van der Waals surface area contributed by atoms with Crippen molar-refractivity contribution in [3.05, 3.63) is 46.5 Å². The third kappa shape index (κ3) is 2.83. The van der Waals surface area contributed by atoms with Crippen LogP contribution in [0.5, 0.6) is 0 Å². The van der Waals surface area contributed by atoms with E-state index in [1.807, 2.05) is 6.92 Å². The molecule has 90 valence electrons. The van der Waals surface area contributed by atoms with Gasteiger partial charge in [-0.1, -0.05) is 11.4 Å². The molecule has 1 aromatic carbocycles. The highest BCUT2D eigenvalue weighted by atomic mass is 32.1. The second-order valence-electron chi connectivity index (χ2n) is 3.52. The maximum atomic E-state index is 13.2. The molecule has 3 nitrogen and oxygen atoms in total. The Kier molecular flexibility index (Phi) is 3.75. The Balaban J connectivity index is 2.38. The Labute approximate surface area is 102 Å². The summed E-state index contributed by atoms with van der Waals surface area (Å²) in [4.78, 5) is 0. The highest BCUT2D eigenvalue weighted by molar-refractivity contribution is 7.03. The van der Waals surface area contributed by atoms with Crippen LogP contribution in [0.25, 0.3) is 0 Å². The number of nitrogens with zero attached hydrogens (tertiary/aromatic N) is 2. The third-order valence-corrected chi connectivity index (χ3v) is 2.82. The van der Waals surface area contributed by atoms with Crippen molar-refractivity contribution in [1.82, 2.24) is 14.9 Å². The number of aromatic nitrogens is 2. The fraction of sp³-hybridized carbons (Fsp3) is 0.273. The molecule has 1 aromatic heterocycles. The molecule has 6 heteroatoms. The van der Waals surface area contributed by atoms with Crippen LogP contribution in [0.15, 0.2) is 23.6 Å². The quantitative estimate of drug-likeness (QED) is 0.912. The number of halogens is 2. The largest absolute Gasteiger partial charge is 0.305 e. The molecular formula is C11H11F2N3S. The summed E-state index contributed by atoms with van der Waals surface area (Å²) in [5.74, 6) is -1.18. The van der Waals surface area contributed by atoms with Gasteiger partial charge in [-0.05, 0) is 35.8 Å². The summed E-state index contributed by atoms with van der Waals surface area (Å²) in [5.41, 5.74) is 1.18. The molecule has 1 atom stereocenters. The minimum Gasteiger partial charge on any atom is -0.305 e. The second kappa shape index (κ2) is 5.29. The molecule has 0 fully saturated rings. The van der Waals surface area contributed by atoms with Gasteiger partial charge in [0.05, 0.1) is 11.7 Å². The Hall–Kier alpha value is -1.40. The van der Waals surface area contributed by atoms with E-state index < -0.39 is 11.6 Å². The predicted octanol–water partition coefficient (Wildman–Crippen LogP) is 2.52. The lowest BCUT2D eigenvalue weighted by Crippen LogP contribution is -2.22. The van der Waals surface area contributed by atoms with E-state index in [1.165, 1.54) is 23.7 Å². The van der Waals surface area contributed by atoms with E-state index in [-0.39, 0.29) is 6.04 Å². The van der Waals surface area contributed by atoms with Crippen molar-refractivity contribution in [3.63, 3.8) is 0 Å². The van der Waals surface area contributed by atoms with Gasteiger partial charge < -0.3 is 5.32 Å². The van der Waals surface area contributed by atoms with Gasteiger partial charge in [0.15, 0.2) is 0 Å². The highest BCUT2D eigenvalue weighted by Crippen LogP contribution is 2.22. The average Bonchev–Trinajstić information content (AvgIpc) is 2.77. The summed E-state index contributed by atoms with van der Waals surface area (Å²) < 4.78 is 30.1. The maximum Gasteiger partial charge on any atom is 0.126 e. The number of nitrogens with one attached hydrogen (secondary N) is 1. The molecule has 0 aliphatic carbocycles. The molecule has 0 aliphatic heterocycles. The van der Waals surface area contributed by atoms with Gasteiger partial charge in [0.1, 0.15) is 11.6 Å². The number of hydrogen-bond acceptors (Lipinski definition) is 4. The van der Waals surface area contributed by atoms with Gasteiger partial charge in [0, 0.05) is 11.4 Å². The van der Waals surface area contributed by atoms with Gasteiger partial charge in [-0.25, -0.2) is 8.78 Å². The lowest BCUT2D eigenvalue weighted by molar-refractivity contribution is 0.561. The number of hydrogen-bond donors (Lipinski definition) is 1. The van der Waals surface area contributed by atoms with Crippen LogP contribution in [-0.4, -0.2) is 16.1 Å². The molecule has 1 N–H and O–H groups in total. The van der Waals surface area contributed by atoms with Crippen LogP contribution in [0.1, 0.15) is 24.2 Å². The van der Waals surface area contributed by atoms with Crippen molar-refractivity contribution >= 4 is 11.5 Å². The lowest BCUT2D eigenvalue weighted by atomic mass is 10.0. The van der Waals surface area contributed by atoms with Crippen LogP contribution < -0.4 is 5.32 Å². The predicted molar refractivity (Wildman–Crippen MR) is 61.8 cm³/mol. The van der Waals surface area contributed by atoms with Crippen LogP contribution in [-0.2, 0) is 0 Å². The normalized spacial score (nSPS) is 12.6. The van der Waals surface area contributed by atoms with Crippen molar-refractivity contribution < 1.29 is 8.78 Å². The van der Waals surface area contributed by atoms with Crippen molar-refractivity contribution in [2.24, 2.45) is 0 Å². The average molecular weight is 255 g/mol. The fourth-order valence-electron chi connectivity index (χ4n) is 1.64. The van der Waals surface area contributed by atoms with Crippen LogP contribution in [0, 0.1) is 11.6 Å². The zero-order valence-corrected chi connectivity index (χ0v) is 9.97. The molecule has 0 amide bonds. The molecule has 17 heavy (non-hydrogen) atoms. The minimum atomic E-state index is -0.592. The summed E-state index contributed by atoms with van der Waals surface area (Å²) in [6.45, 7) is 2.59. The summed E-state index contributed by atoms with van der Waals surface area (Å²) >= 11 is 1.21. The summed E-state index contributed by atoms with van der Waals surface area (Å²) in [5, 5.41) is 8.82. The van der Waals surface area contributed by atoms with Gasteiger partial charge in [0.25, 0.3) is 0 Å². The van der Waals surface area contributed by atoms with E-state index in [4.69, 9.17) is 0 Å². The third-order valence-electron chi connectivity index (χ3n) is 2.30. The molecular weight excluding hydrogens is 244 g/mol. The standard InChI is InChI=1S/C11H11F2N3S/c1-2-14-11(10-6-17-16-15-10)7-3-8(12)5-9(13)4-7/h3-6,11,14H,2H2,1H3. The van der Waals surface area contributed by atoms with Crippen LogP contribution >= 0.6 is 11.5 Å². The fourth-order valence-corrected chi connectivity index (χ4v) is 2.12. The molecule has 0 saturated carbocycles. The molecule has 2 aromatic rings. The second-order valence-corrected chi connectivity index (χ2v) is 4.13. The minimum absolute atomic E-state index is 0.330. The van der Waals surface area contributed by atoms with Crippen molar-refractivity contribution in [3.8, 4) is 0 Å². The summed E-state index contributed by atoms with van der Waals surface area (Å²) in [6, 6.07) is 3.13. The zero-order valence-electron chi connectivity index (χ0n) is 9.15. The SMILES string of the molecule is CCNC(c1cc(F)cc(F)c1)c1csnn1. The van der Waals surface area contributed by atoms with Crippen molar-refractivity contribution in [1.29, 1.82) is 0 Å². The number of benzene rings is 1. The summed E-state index contributed by atoms with van der Waals surface area (Å²) in [7, 11) is 0. The lowest BCUT2D eigenvalue weighted by Gasteiger charge is -2.15. The van der Waals surface area contributed by atoms with Gasteiger partial charge in [0.2, 0.25) is 0 Å². The Morgan fingerprint density at radius 2 is 2.00 bits per heavy atom. The van der Waals surface area contributed by atoms with E-state index in [2.05, 4.69) is 14.9 Å². The maximum absolute atomic E-state index is 13.2. The van der Waals surface area contributed by atoms with E-state index in [0.29, 0.717) is 17.8 Å². The molecule has 0 aliphatic rings. The van der Waals surface area contributed by atoms with Gasteiger partial charge in [-0.15, -0.1) is 5.10 Å². The van der Waals surface area contributed by atoms with Crippen molar-refractivity contribution in [2.45, 2.75) is 13.0 Å². The first-order valence-corrected chi connectivity index (χ1v) is 6.00. The first-order valence-electron chi connectivity index (χ1n) is 5.17. The van der Waals surface area contributed by atoms with Gasteiger partial charge in [-0.2, -0.15) is 0 Å². The molecule has 0 radical (unpaired) electrons.